The summed E-state index contributed by atoms with van der Waals surface area (Å²) < 4.78 is 10.5. The Morgan fingerprint density at radius 3 is 2.60 bits per heavy atom. The Hall–Kier alpha value is -1.55. The van der Waals surface area contributed by atoms with E-state index < -0.39 is 0 Å². The van der Waals surface area contributed by atoms with Crippen molar-refractivity contribution in [2.75, 3.05) is 20.3 Å². The van der Waals surface area contributed by atoms with Gasteiger partial charge in [0.1, 0.15) is 11.5 Å². The standard InChI is InChI=1S/C16H25NO3/c1-5-14(6-2)17(11-12-19-4)16(18)10-9-15-8-7-13(3)20-15/h7-10,14H,5-6,11-12H2,1-4H3. The van der Waals surface area contributed by atoms with Crippen LogP contribution in [0.5, 0.6) is 0 Å². The van der Waals surface area contributed by atoms with Gasteiger partial charge in [0.15, 0.2) is 0 Å². The molecule has 4 nitrogen and oxygen atoms in total. The SMILES string of the molecule is CCC(CC)N(CCOC)C(=O)C=Cc1ccc(C)o1. The minimum absolute atomic E-state index is 0.00445. The molecule has 1 heterocycles. The van der Waals surface area contributed by atoms with Gasteiger partial charge in [-0.3, -0.25) is 4.79 Å². The van der Waals surface area contributed by atoms with Gasteiger partial charge < -0.3 is 14.1 Å². The summed E-state index contributed by atoms with van der Waals surface area (Å²) in [5.41, 5.74) is 0. The number of amides is 1. The zero-order valence-corrected chi connectivity index (χ0v) is 12.9. The van der Waals surface area contributed by atoms with Crippen LogP contribution >= 0.6 is 0 Å². The first kappa shape index (κ1) is 16.5. The quantitative estimate of drug-likeness (QED) is 0.686. The predicted molar refractivity (Wildman–Crippen MR) is 80.4 cm³/mol. The maximum Gasteiger partial charge on any atom is 0.247 e. The van der Waals surface area contributed by atoms with Crippen LogP contribution in [0.3, 0.4) is 0 Å². The van der Waals surface area contributed by atoms with Crippen LogP contribution < -0.4 is 0 Å². The van der Waals surface area contributed by atoms with Crippen LogP contribution in [-0.4, -0.2) is 37.1 Å². The number of furan rings is 1. The lowest BCUT2D eigenvalue weighted by Gasteiger charge is -2.29. The summed E-state index contributed by atoms with van der Waals surface area (Å²) in [5, 5.41) is 0. The summed E-state index contributed by atoms with van der Waals surface area (Å²) in [7, 11) is 1.65. The highest BCUT2D eigenvalue weighted by atomic mass is 16.5. The highest BCUT2D eigenvalue weighted by Gasteiger charge is 2.18. The summed E-state index contributed by atoms with van der Waals surface area (Å²) in [4.78, 5) is 14.2. The number of carbonyl (C=O) groups is 1. The first-order valence-electron chi connectivity index (χ1n) is 7.16. The van der Waals surface area contributed by atoms with Crippen molar-refractivity contribution < 1.29 is 13.9 Å². The van der Waals surface area contributed by atoms with Crippen molar-refractivity contribution in [3.05, 3.63) is 29.7 Å². The second-order valence-electron chi connectivity index (χ2n) is 4.78. The molecule has 4 heteroatoms. The van der Waals surface area contributed by atoms with E-state index >= 15 is 0 Å². The predicted octanol–water partition coefficient (Wildman–Crippen LogP) is 3.26. The molecule has 0 fully saturated rings. The van der Waals surface area contributed by atoms with Crippen LogP contribution in [0, 0.1) is 6.92 Å². The number of ether oxygens (including phenoxy) is 1. The van der Waals surface area contributed by atoms with Crippen LogP contribution in [0.15, 0.2) is 22.6 Å². The molecule has 1 rings (SSSR count). The smallest absolute Gasteiger partial charge is 0.247 e. The highest BCUT2D eigenvalue weighted by molar-refractivity contribution is 5.91. The lowest BCUT2D eigenvalue weighted by atomic mass is 10.1. The normalized spacial score (nSPS) is 11.4. The molecule has 0 aliphatic rings. The van der Waals surface area contributed by atoms with Gasteiger partial charge in [0.25, 0.3) is 0 Å². The van der Waals surface area contributed by atoms with Gasteiger partial charge in [0.05, 0.1) is 6.61 Å². The monoisotopic (exact) mass is 279 g/mol. The van der Waals surface area contributed by atoms with Crippen molar-refractivity contribution >= 4 is 12.0 Å². The molecule has 0 saturated carbocycles. The summed E-state index contributed by atoms with van der Waals surface area (Å²) >= 11 is 0. The summed E-state index contributed by atoms with van der Waals surface area (Å²) in [6.07, 6.45) is 5.18. The second-order valence-corrected chi connectivity index (χ2v) is 4.78. The van der Waals surface area contributed by atoms with Gasteiger partial charge in [-0.2, -0.15) is 0 Å². The lowest BCUT2D eigenvalue weighted by Crippen LogP contribution is -2.40. The molecule has 0 bridgehead atoms. The Balaban J connectivity index is 2.73. The molecule has 0 radical (unpaired) electrons. The topological polar surface area (TPSA) is 42.7 Å². The summed E-state index contributed by atoms with van der Waals surface area (Å²) in [6.45, 7) is 7.25. The molecule has 0 aliphatic heterocycles. The summed E-state index contributed by atoms with van der Waals surface area (Å²) in [6, 6.07) is 3.99. The van der Waals surface area contributed by atoms with Gasteiger partial charge in [-0.25, -0.2) is 0 Å². The van der Waals surface area contributed by atoms with E-state index in [0.29, 0.717) is 18.9 Å². The van der Waals surface area contributed by atoms with Crippen LogP contribution in [0.4, 0.5) is 0 Å². The molecule has 1 amide bonds. The van der Waals surface area contributed by atoms with Gasteiger partial charge >= 0.3 is 0 Å². The van der Waals surface area contributed by atoms with Gasteiger partial charge in [-0.05, 0) is 38.0 Å². The molecule has 0 N–H and O–H groups in total. The Kier molecular flexibility index (Phi) is 7.09. The third-order valence-corrected chi connectivity index (χ3v) is 3.35. The zero-order chi connectivity index (χ0) is 15.0. The second kappa shape index (κ2) is 8.59. The molecule has 0 unspecified atom stereocenters. The minimum atomic E-state index is 0.00445. The van der Waals surface area contributed by atoms with E-state index in [-0.39, 0.29) is 11.9 Å². The van der Waals surface area contributed by atoms with Gasteiger partial charge in [0, 0.05) is 25.8 Å². The number of methoxy groups -OCH3 is 1. The third-order valence-electron chi connectivity index (χ3n) is 3.35. The zero-order valence-electron chi connectivity index (χ0n) is 12.9. The Morgan fingerprint density at radius 2 is 2.10 bits per heavy atom. The van der Waals surface area contributed by atoms with Crippen LogP contribution in [-0.2, 0) is 9.53 Å². The molecule has 0 aromatic carbocycles. The molecule has 20 heavy (non-hydrogen) atoms. The van der Waals surface area contributed by atoms with E-state index in [1.165, 1.54) is 0 Å². The lowest BCUT2D eigenvalue weighted by molar-refractivity contribution is -0.129. The fourth-order valence-corrected chi connectivity index (χ4v) is 2.18. The van der Waals surface area contributed by atoms with E-state index in [4.69, 9.17) is 9.15 Å². The van der Waals surface area contributed by atoms with E-state index in [1.54, 1.807) is 19.3 Å². The molecule has 1 aromatic rings. The average Bonchev–Trinajstić information content (AvgIpc) is 2.86. The van der Waals surface area contributed by atoms with E-state index in [9.17, 15) is 4.79 Å². The fourth-order valence-electron chi connectivity index (χ4n) is 2.18. The molecule has 0 atom stereocenters. The van der Waals surface area contributed by atoms with Crippen molar-refractivity contribution in [1.29, 1.82) is 0 Å². The largest absolute Gasteiger partial charge is 0.462 e. The highest BCUT2D eigenvalue weighted by Crippen LogP contribution is 2.12. The van der Waals surface area contributed by atoms with Crippen LogP contribution in [0.2, 0.25) is 0 Å². The van der Waals surface area contributed by atoms with Gasteiger partial charge in [-0.1, -0.05) is 13.8 Å². The van der Waals surface area contributed by atoms with Crippen LogP contribution in [0.1, 0.15) is 38.2 Å². The van der Waals surface area contributed by atoms with Crippen molar-refractivity contribution in [2.45, 2.75) is 39.7 Å². The molecule has 112 valence electrons. The number of hydrogen-bond donors (Lipinski definition) is 0. The minimum Gasteiger partial charge on any atom is -0.462 e. The average molecular weight is 279 g/mol. The van der Waals surface area contributed by atoms with Crippen molar-refractivity contribution in [1.82, 2.24) is 4.90 Å². The van der Waals surface area contributed by atoms with Gasteiger partial charge in [0.2, 0.25) is 5.91 Å². The summed E-state index contributed by atoms with van der Waals surface area (Å²) in [5.74, 6) is 1.55. The molecule has 0 spiro atoms. The third kappa shape index (κ3) is 4.85. The Bertz CT molecular complexity index is 433. The number of rotatable bonds is 8. The first-order chi connectivity index (χ1) is 9.62. The number of hydrogen-bond acceptors (Lipinski definition) is 3. The van der Waals surface area contributed by atoms with E-state index in [0.717, 1.165) is 18.6 Å². The maximum atomic E-state index is 12.3. The van der Waals surface area contributed by atoms with Crippen molar-refractivity contribution in [3.8, 4) is 0 Å². The van der Waals surface area contributed by atoms with Crippen LogP contribution in [0.25, 0.3) is 6.08 Å². The Labute approximate surface area is 121 Å². The molecular weight excluding hydrogens is 254 g/mol. The Morgan fingerprint density at radius 1 is 1.40 bits per heavy atom. The fraction of sp³-hybridized carbons (Fsp3) is 0.562. The molecular formula is C16H25NO3. The van der Waals surface area contributed by atoms with Gasteiger partial charge in [-0.15, -0.1) is 0 Å². The number of aryl methyl sites for hydroxylation is 1. The molecule has 1 aromatic heterocycles. The first-order valence-corrected chi connectivity index (χ1v) is 7.16. The number of carbonyl (C=O) groups excluding carboxylic acids is 1. The van der Waals surface area contributed by atoms with Crippen molar-refractivity contribution in [3.63, 3.8) is 0 Å². The number of nitrogens with zero attached hydrogens (tertiary/aromatic N) is 1. The van der Waals surface area contributed by atoms with E-state index in [2.05, 4.69) is 13.8 Å². The molecule has 0 saturated heterocycles. The molecule has 0 aliphatic carbocycles. The van der Waals surface area contributed by atoms with Crippen molar-refractivity contribution in [2.24, 2.45) is 0 Å². The van der Waals surface area contributed by atoms with E-state index in [1.807, 2.05) is 24.0 Å². The maximum absolute atomic E-state index is 12.3.